The zero-order valence-corrected chi connectivity index (χ0v) is 38.3. The number of hydrogen-bond donors (Lipinski definition) is 19. The molecule has 9 atom stereocenters. The van der Waals surface area contributed by atoms with Crippen LogP contribution >= 0.6 is 0 Å². The van der Waals surface area contributed by atoms with Gasteiger partial charge in [0.05, 0.1) is 31.2 Å². The molecule has 1 aliphatic rings. The van der Waals surface area contributed by atoms with Gasteiger partial charge in [-0.15, -0.1) is 0 Å². The summed E-state index contributed by atoms with van der Waals surface area (Å²) in [6, 6.07) is -12.5. The lowest BCUT2D eigenvalue weighted by Crippen LogP contribution is -2.61. The third kappa shape index (κ3) is 20.3. The molecule has 1 aromatic rings. The number of aliphatic hydroxyl groups excluding tert-OH is 2. The molecule has 0 aliphatic carbocycles. The molecule has 23 N–H and O–H groups in total. The van der Waals surface area contributed by atoms with Gasteiger partial charge in [0.1, 0.15) is 48.3 Å². The molecule has 1 aliphatic heterocycles. The number of nitrogens with zero attached hydrogens (tertiary/aromatic N) is 2. The summed E-state index contributed by atoms with van der Waals surface area (Å²) < 4.78 is 0. The summed E-state index contributed by atoms with van der Waals surface area (Å²) in [6.07, 6.45) is -1.21. The topological polar surface area (TPSA) is 532 Å². The first-order valence-corrected chi connectivity index (χ1v) is 22.0. The number of aromatic amines is 1. The molecule has 1 saturated heterocycles. The molecule has 0 aromatic carbocycles. The van der Waals surface area contributed by atoms with Crippen LogP contribution in [0.25, 0.3) is 0 Å². The molecule has 9 unspecified atom stereocenters. The Morgan fingerprint density at radius 2 is 1.30 bits per heavy atom. The van der Waals surface area contributed by atoms with Gasteiger partial charge in [-0.3, -0.25) is 54.0 Å². The molecule has 390 valence electrons. The highest BCUT2D eigenvalue weighted by Crippen LogP contribution is 2.20. The molecule has 1 aromatic heterocycles. The Labute approximate surface area is 400 Å². The summed E-state index contributed by atoms with van der Waals surface area (Å²) in [4.78, 5) is 139. The Bertz CT molecular complexity index is 2020. The van der Waals surface area contributed by atoms with Gasteiger partial charge in [0, 0.05) is 38.7 Å². The predicted octanol–water partition coefficient (Wildman–Crippen LogP) is -8.10. The van der Waals surface area contributed by atoms with Crippen LogP contribution in [0.3, 0.4) is 0 Å². The number of nitrogens with two attached hydrogens (primary N) is 4. The van der Waals surface area contributed by atoms with Gasteiger partial charge in [0.25, 0.3) is 0 Å². The number of imidazole rings is 1. The van der Waals surface area contributed by atoms with Crippen molar-refractivity contribution in [2.75, 3.05) is 26.2 Å². The van der Waals surface area contributed by atoms with Gasteiger partial charge >= 0.3 is 11.9 Å². The van der Waals surface area contributed by atoms with Gasteiger partial charge in [-0.25, -0.2) is 9.78 Å². The normalized spacial score (nSPS) is 16.5. The average molecular weight is 996 g/mol. The fourth-order valence-electron chi connectivity index (χ4n) is 6.94. The van der Waals surface area contributed by atoms with E-state index < -0.39 is 151 Å². The van der Waals surface area contributed by atoms with Crippen LogP contribution in [0.1, 0.15) is 70.4 Å². The Balaban J connectivity index is 2.42. The van der Waals surface area contributed by atoms with Crippen molar-refractivity contribution in [1.29, 1.82) is 10.8 Å². The number of aliphatic hydroxyl groups is 2. The van der Waals surface area contributed by atoms with E-state index >= 15 is 0 Å². The fourth-order valence-corrected chi connectivity index (χ4v) is 6.94. The van der Waals surface area contributed by atoms with Crippen LogP contribution in [0.2, 0.25) is 0 Å². The van der Waals surface area contributed by atoms with Crippen LogP contribution in [0.4, 0.5) is 0 Å². The summed E-state index contributed by atoms with van der Waals surface area (Å²) >= 11 is 0. The number of carbonyl (C=O) groups is 10. The molecular formula is C39H65N17O14. The van der Waals surface area contributed by atoms with Crippen molar-refractivity contribution < 1.29 is 68.4 Å². The molecule has 0 spiro atoms. The number of amides is 8. The van der Waals surface area contributed by atoms with Crippen molar-refractivity contribution in [3.05, 3.63) is 18.2 Å². The SMILES string of the molecule is CC(O)C(NC(=O)C(N)CO)C(=O)NC(CC(N)=O)C(=O)N1CCCC1C(=O)NC(CCCNC(=N)N)C(=O)NC(CCC(=O)O)C(=O)NC(CCCNC(=N)N)C(=O)NC(Cc1c[nH]cn1)C(=O)O. The number of H-pyrrole nitrogens is 1. The smallest absolute Gasteiger partial charge is 0.326 e. The second kappa shape index (κ2) is 29.3. The molecule has 31 nitrogen and oxygen atoms in total. The Morgan fingerprint density at radius 1 is 0.771 bits per heavy atom. The van der Waals surface area contributed by atoms with E-state index in [2.05, 4.69) is 52.5 Å². The van der Waals surface area contributed by atoms with E-state index in [0.29, 0.717) is 0 Å². The van der Waals surface area contributed by atoms with Gasteiger partial charge in [-0.05, 0) is 51.9 Å². The van der Waals surface area contributed by atoms with Crippen LogP contribution < -0.4 is 65.5 Å². The van der Waals surface area contributed by atoms with Crippen molar-refractivity contribution in [2.24, 2.45) is 22.9 Å². The first-order chi connectivity index (χ1) is 32.9. The van der Waals surface area contributed by atoms with Crippen molar-refractivity contribution in [2.45, 2.75) is 126 Å². The molecule has 0 radical (unpaired) electrons. The fraction of sp³-hybridized carbons (Fsp3) is 0.615. The van der Waals surface area contributed by atoms with Crippen LogP contribution in [0.5, 0.6) is 0 Å². The number of aromatic nitrogens is 2. The maximum atomic E-state index is 14.1. The molecule has 8 amide bonds. The number of carbonyl (C=O) groups excluding carboxylic acids is 8. The minimum Gasteiger partial charge on any atom is -0.481 e. The number of primary amides is 1. The molecule has 31 heteroatoms. The summed E-state index contributed by atoms with van der Waals surface area (Å²) in [5.41, 5.74) is 21.9. The number of carboxylic acids is 2. The lowest BCUT2D eigenvalue weighted by Gasteiger charge is -2.31. The average Bonchev–Trinajstić information content (AvgIpc) is 4.00. The Kier molecular flexibility index (Phi) is 24.4. The van der Waals surface area contributed by atoms with Crippen molar-refractivity contribution in [3.8, 4) is 0 Å². The van der Waals surface area contributed by atoms with Gasteiger partial charge in [-0.2, -0.15) is 0 Å². The second-order valence-corrected chi connectivity index (χ2v) is 16.2. The van der Waals surface area contributed by atoms with Gasteiger partial charge in [-0.1, -0.05) is 0 Å². The number of guanidine groups is 2. The highest BCUT2D eigenvalue weighted by molar-refractivity contribution is 5.99. The standard InChI is InChI=1S/C39H65N17O14/c1-18(58)29(55-30(62)20(40)16-57)35(67)53-24(14-27(41)59)36(68)56-12-4-7-26(56)34(66)52-22(6-3-11-48-39(44)45)31(63)51-23(8-9-28(60)61)33(65)50-21(5-2-10-47-38(42)43)32(64)54-25(37(69)70)13-19-15-46-17-49-19/h15,17-18,20-26,29,57-58H,2-14,16,40H2,1H3,(H2,41,59)(H,46,49)(H,50,65)(H,51,63)(H,52,66)(H,53,67)(H,54,64)(H,55,62)(H,60,61)(H,69,70)(H4,42,43,47)(H4,44,45,48). The summed E-state index contributed by atoms with van der Waals surface area (Å²) in [5.74, 6) is -11.9. The third-order valence-corrected chi connectivity index (χ3v) is 10.6. The predicted molar refractivity (Wildman–Crippen MR) is 242 cm³/mol. The first-order valence-electron chi connectivity index (χ1n) is 22.0. The van der Waals surface area contributed by atoms with Gasteiger partial charge < -0.3 is 95.8 Å². The summed E-state index contributed by atoms with van der Waals surface area (Å²) in [6.45, 7) is 0.265. The lowest BCUT2D eigenvalue weighted by molar-refractivity contribution is -0.144. The molecule has 70 heavy (non-hydrogen) atoms. The monoisotopic (exact) mass is 995 g/mol. The zero-order chi connectivity index (χ0) is 52.7. The van der Waals surface area contributed by atoms with Gasteiger partial charge in [0.15, 0.2) is 11.9 Å². The highest BCUT2D eigenvalue weighted by Gasteiger charge is 2.41. The van der Waals surface area contributed by atoms with Crippen LogP contribution in [0, 0.1) is 10.8 Å². The van der Waals surface area contributed by atoms with Crippen molar-refractivity contribution >= 4 is 71.1 Å². The van der Waals surface area contributed by atoms with Crippen molar-refractivity contribution in [1.82, 2.24) is 57.4 Å². The van der Waals surface area contributed by atoms with E-state index in [1.165, 1.54) is 12.5 Å². The van der Waals surface area contributed by atoms with E-state index in [1.54, 1.807) is 0 Å². The Morgan fingerprint density at radius 3 is 1.77 bits per heavy atom. The number of nitrogens with one attached hydrogen (secondary N) is 11. The zero-order valence-electron chi connectivity index (χ0n) is 38.3. The number of aliphatic carboxylic acids is 2. The van der Waals surface area contributed by atoms with Crippen LogP contribution in [-0.2, 0) is 54.4 Å². The largest absolute Gasteiger partial charge is 0.481 e. The second-order valence-electron chi connectivity index (χ2n) is 16.2. The lowest BCUT2D eigenvalue weighted by atomic mass is 10.0. The van der Waals surface area contributed by atoms with Crippen molar-refractivity contribution in [3.63, 3.8) is 0 Å². The molecule has 2 rings (SSSR count). The Hall–Kier alpha value is -7.67. The minimum absolute atomic E-state index is 0.0000841. The quantitative estimate of drug-likeness (QED) is 0.0187. The van der Waals surface area contributed by atoms with E-state index in [-0.39, 0.29) is 70.3 Å². The molecule has 0 saturated carbocycles. The first kappa shape index (κ1) is 58.5. The maximum Gasteiger partial charge on any atom is 0.326 e. The van der Waals surface area contributed by atoms with E-state index in [9.17, 15) is 68.4 Å². The maximum absolute atomic E-state index is 14.1. The molecule has 1 fully saturated rings. The van der Waals surface area contributed by atoms with Crippen LogP contribution in [-0.4, -0.2) is 187 Å². The molecule has 0 bridgehead atoms. The third-order valence-electron chi connectivity index (χ3n) is 10.6. The van der Waals surface area contributed by atoms with Gasteiger partial charge in [0.2, 0.25) is 47.3 Å². The van der Waals surface area contributed by atoms with Crippen LogP contribution in [0.15, 0.2) is 12.5 Å². The number of hydrogen-bond acceptors (Lipinski definition) is 16. The van der Waals surface area contributed by atoms with E-state index in [4.69, 9.17) is 33.8 Å². The molecule has 2 heterocycles. The number of likely N-dealkylation sites (tertiary alicyclic amines) is 1. The number of rotatable bonds is 31. The minimum atomic E-state index is -1.74. The molecular weight excluding hydrogens is 931 g/mol. The summed E-state index contributed by atoms with van der Waals surface area (Å²) in [5, 5.41) is 72.9. The van der Waals surface area contributed by atoms with E-state index in [1.807, 2.05) is 0 Å². The summed E-state index contributed by atoms with van der Waals surface area (Å²) in [7, 11) is 0. The van der Waals surface area contributed by atoms with E-state index in [0.717, 1.165) is 11.8 Å². The highest BCUT2D eigenvalue weighted by atomic mass is 16.4. The number of carboxylic acid groups (broad SMARTS) is 2.